The molecule has 1 aliphatic rings. The molecule has 1 aliphatic heterocycles. The normalized spacial score (nSPS) is 16.8. The summed E-state index contributed by atoms with van der Waals surface area (Å²) in [5.41, 5.74) is 2.07. The molecule has 0 bridgehead atoms. The number of hydrogen-bond acceptors (Lipinski definition) is 3. The van der Waals surface area contributed by atoms with E-state index in [9.17, 15) is 5.11 Å². The minimum absolute atomic E-state index is 0.373. The molecule has 4 heteroatoms. The van der Waals surface area contributed by atoms with Gasteiger partial charge in [0, 0.05) is 30.7 Å². The van der Waals surface area contributed by atoms with E-state index >= 15 is 0 Å². The summed E-state index contributed by atoms with van der Waals surface area (Å²) in [5.74, 6) is 0.373. The minimum Gasteiger partial charge on any atom is -0.506 e. The Balaban J connectivity index is 2.36. The van der Waals surface area contributed by atoms with Crippen LogP contribution in [0.3, 0.4) is 0 Å². The SMILES string of the molecule is Cc1c(Br)ccc(O)c1N1CCNCC1. The molecule has 0 spiro atoms. The van der Waals surface area contributed by atoms with Crippen LogP contribution in [0, 0.1) is 6.92 Å². The van der Waals surface area contributed by atoms with Crippen molar-refractivity contribution >= 4 is 21.6 Å². The van der Waals surface area contributed by atoms with Crippen molar-refractivity contribution in [2.45, 2.75) is 6.92 Å². The summed E-state index contributed by atoms with van der Waals surface area (Å²) in [4.78, 5) is 2.23. The first-order valence-corrected chi connectivity index (χ1v) is 5.93. The number of halogens is 1. The third kappa shape index (κ3) is 2.11. The van der Waals surface area contributed by atoms with Crippen molar-refractivity contribution in [3.8, 4) is 5.75 Å². The van der Waals surface area contributed by atoms with Crippen molar-refractivity contribution in [1.29, 1.82) is 0 Å². The van der Waals surface area contributed by atoms with Crippen LogP contribution in [0.1, 0.15) is 5.56 Å². The number of rotatable bonds is 1. The molecule has 0 aromatic heterocycles. The molecule has 82 valence electrons. The van der Waals surface area contributed by atoms with Crippen molar-refractivity contribution in [2.75, 3.05) is 31.1 Å². The Kier molecular flexibility index (Phi) is 3.17. The van der Waals surface area contributed by atoms with Gasteiger partial charge in [0.1, 0.15) is 5.75 Å². The molecule has 1 heterocycles. The second-order valence-corrected chi connectivity index (χ2v) is 4.63. The Bertz CT molecular complexity index is 362. The van der Waals surface area contributed by atoms with Crippen molar-refractivity contribution < 1.29 is 5.11 Å². The molecule has 2 rings (SSSR count). The zero-order valence-electron chi connectivity index (χ0n) is 8.76. The number of nitrogens with zero attached hydrogens (tertiary/aromatic N) is 1. The zero-order chi connectivity index (χ0) is 10.8. The van der Waals surface area contributed by atoms with Gasteiger partial charge in [0.25, 0.3) is 0 Å². The molecule has 1 aromatic carbocycles. The summed E-state index contributed by atoms with van der Waals surface area (Å²) in [6.45, 7) is 5.88. The maximum Gasteiger partial charge on any atom is 0.139 e. The second-order valence-electron chi connectivity index (χ2n) is 3.78. The average molecular weight is 271 g/mol. The number of piperazine rings is 1. The first-order chi connectivity index (χ1) is 7.20. The molecule has 0 saturated carbocycles. The van der Waals surface area contributed by atoms with Gasteiger partial charge in [-0.1, -0.05) is 15.9 Å². The summed E-state index contributed by atoms with van der Waals surface area (Å²) in [6, 6.07) is 3.63. The number of aromatic hydroxyl groups is 1. The molecule has 0 amide bonds. The van der Waals surface area contributed by atoms with Gasteiger partial charge in [-0.05, 0) is 24.6 Å². The maximum absolute atomic E-state index is 9.89. The zero-order valence-corrected chi connectivity index (χ0v) is 10.3. The van der Waals surface area contributed by atoms with Crippen LogP contribution in [0.2, 0.25) is 0 Å². The first kappa shape index (κ1) is 10.8. The van der Waals surface area contributed by atoms with Crippen LogP contribution in [0.25, 0.3) is 0 Å². The maximum atomic E-state index is 9.89. The lowest BCUT2D eigenvalue weighted by Gasteiger charge is -2.31. The van der Waals surface area contributed by atoms with Crippen LogP contribution in [0.15, 0.2) is 16.6 Å². The van der Waals surface area contributed by atoms with Crippen LogP contribution < -0.4 is 10.2 Å². The minimum atomic E-state index is 0.373. The van der Waals surface area contributed by atoms with Crippen LogP contribution in [0.5, 0.6) is 5.75 Å². The Hall–Kier alpha value is -0.740. The molecular weight excluding hydrogens is 256 g/mol. The summed E-state index contributed by atoms with van der Waals surface area (Å²) < 4.78 is 1.05. The third-order valence-corrected chi connectivity index (χ3v) is 3.64. The van der Waals surface area contributed by atoms with Gasteiger partial charge in [-0.25, -0.2) is 0 Å². The van der Waals surface area contributed by atoms with Crippen molar-refractivity contribution in [1.82, 2.24) is 5.32 Å². The van der Waals surface area contributed by atoms with Crippen molar-refractivity contribution in [3.05, 3.63) is 22.2 Å². The van der Waals surface area contributed by atoms with E-state index in [2.05, 4.69) is 26.1 Å². The highest BCUT2D eigenvalue weighted by molar-refractivity contribution is 9.10. The quantitative estimate of drug-likeness (QED) is 0.818. The van der Waals surface area contributed by atoms with Gasteiger partial charge >= 0.3 is 0 Å². The van der Waals surface area contributed by atoms with E-state index in [1.54, 1.807) is 6.07 Å². The lowest BCUT2D eigenvalue weighted by molar-refractivity contribution is 0.470. The summed E-state index contributed by atoms with van der Waals surface area (Å²) in [7, 11) is 0. The fourth-order valence-electron chi connectivity index (χ4n) is 1.95. The number of nitrogens with one attached hydrogen (secondary N) is 1. The monoisotopic (exact) mass is 270 g/mol. The predicted octanol–water partition coefficient (Wildman–Crippen LogP) is 1.87. The number of benzene rings is 1. The summed E-state index contributed by atoms with van der Waals surface area (Å²) >= 11 is 3.49. The van der Waals surface area contributed by atoms with E-state index in [1.807, 2.05) is 13.0 Å². The average Bonchev–Trinajstić information content (AvgIpc) is 2.26. The number of hydrogen-bond donors (Lipinski definition) is 2. The molecule has 1 saturated heterocycles. The first-order valence-electron chi connectivity index (χ1n) is 5.14. The van der Waals surface area contributed by atoms with Crippen LogP contribution >= 0.6 is 15.9 Å². The number of phenols is 1. The molecule has 1 fully saturated rings. The van der Waals surface area contributed by atoms with Crippen molar-refractivity contribution in [2.24, 2.45) is 0 Å². The molecule has 1 aromatic rings. The smallest absolute Gasteiger partial charge is 0.139 e. The highest BCUT2D eigenvalue weighted by Crippen LogP contribution is 2.35. The predicted molar refractivity (Wildman–Crippen MR) is 65.6 cm³/mol. The van der Waals surface area contributed by atoms with Crippen molar-refractivity contribution in [3.63, 3.8) is 0 Å². The number of phenolic OH excluding ortho intramolecular Hbond substituents is 1. The fourth-order valence-corrected chi connectivity index (χ4v) is 2.27. The van der Waals surface area contributed by atoms with Crippen LogP contribution in [-0.4, -0.2) is 31.3 Å². The van der Waals surface area contributed by atoms with Gasteiger partial charge in [0.2, 0.25) is 0 Å². The van der Waals surface area contributed by atoms with E-state index in [0.717, 1.165) is 41.9 Å². The van der Waals surface area contributed by atoms with Gasteiger partial charge in [-0.3, -0.25) is 0 Å². The Labute approximate surface area is 98.2 Å². The van der Waals surface area contributed by atoms with E-state index < -0.39 is 0 Å². The van der Waals surface area contributed by atoms with Crippen LogP contribution in [-0.2, 0) is 0 Å². The van der Waals surface area contributed by atoms with Gasteiger partial charge < -0.3 is 15.3 Å². The second kappa shape index (κ2) is 4.41. The Morgan fingerprint density at radius 3 is 2.67 bits per heavy atom. The molecule has 0 aliphatic carbocycles. The topological polar surface area (TPSA) is 35.5 Å². The largest absolute Gasteiger partial charge is 0.506 e. The van der Waals surface area contributed by atoms with Crippen LogP contribution in [0.4, 0.5) is 5.69 Å². The van der Waals surface area contributed by atoms with Gasteiger partial charge in [0.05, 0.1) is 5.69 Å². The summed E-state index contributed by atoms with van der Waals surface area (Å²) in [5, 5.41) is 13.2. The van der Waals surface area contributed by atoms with Gasteiger partial charge in [-0.2, -0.15) is 0 Å². The van der Waals surface area contributed by atoms with E-state index in [4.69, 9.17) is 0 Å². The lowest BCUT2D eigenvalue weighted by atomic mass is 10.1. The molecular formula is C11H15BrN2O. The summed E-state index contributed by atoms with van der Waals surface area (Å²) in [6.07, 6.45) is 0. The Morgan fingerprint density at radius 2 is 2.00 bits per heavy atom. The molecule has 0 radical (unpaired) electrons. The number of anilines is 1. The fraction of sp³-hybridized carbons (Fsp3) is 0.455. The Morgan fingerprint density at radius 1 is 1.33 bits per heavy atom. The van der Waals surface area contributed by atoms with E-state index in [0.29, 0.717) is 5.75 Å². The van der Waals surface area contributed by atoms with E-state index in [-0.39, 0.29) is 0 Å². The third-order valence-electron chi connectivity index (χ3n) is 2.78. The lowest BCUT2D eigenvalue weighted by Crippen LogP contribution is -2.43. The highest BCUT2D eigenvalue weighted by Gasteiger charge is 2.17. The molecule has 15 heavy (non-hydrogen) atoms. The van der Waals surface area contributed by atoms with Gasteiger partial charge in [-0.15, -0.1) is 0 Å². The van der Waals surface area contributed by atoms with E-state index in [1.165, 1.54) is 0 Å². The molecule has 3 nitrogen and oxygen atoms in total. The standard InChI is InChI=1S/C11H15BrN2O/c1-8-9(12)2-3-10(15)11(8)14-6-4-13-5-7-14/h2-3,13,15H,4-7H2,1H3. The van der Waals surface area contributed by atoms with Gasteiger partial charge in [0.15, 0.2) is 0 Å². The highest BCUT2D eigenvalue weighted by atomic mass is 79.9. The molecule has 2 N–H and O–H groups in total. The molecule has 0 atom stereocenters. The molecule has 0 unspecified atom stereocenters.